The Labute approximate surface area is 150 Å². The molecule has 4 nitrogen and oxygen atoms in total. The van der Waals surface area contributed by atoms with E-state index >= 15 is 0 Å². The van der Waals surface area contributed by atoms with Gasteiger partial charge in [0.05, 0.1) is 20.3 Å². The quantitative estimate of drug-likeness (QED) is 0.801. The zero-order valence-electron chi connectivity index (χ0n) is 15.7. The maximum absolute atomic E-state index is 12.7. The third-order valence-corrected chi connectivity index (χ3v) is 4.36. The fourth-order valence-electron chi connectivity index (χ4n) is 2.99. The smallest absolute Gasteiger partial charge is 0.251 e. The maximum Gasteiger partial charge on any atom is 0.251 e. The molecule has 0 spiro atoms. The Morgan fingerprint density at radius 1 is 1.00 bits per heavy atom. The summed E-state index contributed by atoms with van der Waals surface area (Å²) >= 11 is 0. The molecule has 2 aromatic carbocycles. The van der Waals surface area contributed by atoms with Crippen molar-refractivity contribution in [2.45, 2.75) is 39.7 Å². The molecule has 1 unspecified atom stereocenters. The van der Waals surface area contributed by atoms with Gasteiger partial charge in [0.1, 0.15) is 11.5 Å². The molecule has 4 heteroatoms. The lowest BCUT2D eigenvalue weighted by Crippen LogP contribution is -2.28. The zero-order valence-corrected chi connectivity index (χ0v) is 15.7. The van der Waals surface area contributed by atoms with Crippen LogP contribution in [-0.4, -0.2) is 20.1 Å². The highest BCUT2D eigenvalue weighted by Crippen LogP contribution is 2.26. The molecule has 134 valence electrons. The average Bonchev–Trinajstić information content (AvgIpc) is 2.61. The van der Waals surface area contributed by atoms with Crippen LogP contribution in [0.25, 0.3) is 0 Å². The lowest BCUT2D eigenvalue weighted by atomic mass is 9.99. The molecule has 0 aliphatic rings. The van der Waals surface area contributed by atoms with Crippen molar-refractivity contribution in [1.29, 1.82) is 0 Å². The highest BCUT2D eigenvalue weighted by Gasteiger charge is 2.17. The summed E-state index contributed by atoms with van der Waals surface area (Å²) in [5, 5.41) is 3.16. The summed E-state index contributed by atoms with van der Waals surface area (Å²) in [6.45, 7) is 6.07. The molecule has 25 heavy (non-hydrogen) atoms. The number of ether oxygens (including phenoxy) is 2. The van der Waals surface area contributed by atoms with Crippen LogP contribution in [-0.2, 0) is 0 Å². The number of aryl methyl sites for hydroxylation is 2. The van der Waals surface area contributed by atoms with E-state index in [1.54, 1.807) is 20.3 Å². The SMILES string of the molecule is CCCC(NC(=O)c1ccc(OC)c(C)c1)c1ccc(OC)c(C)c1. The molecule has 1 amide bonds. The Morgan fingerprint density at radius 3 is 2.12 bits per heavy atom. The van der Waals surface area contributed by atoms with Crippen LogP contribution < -0.4 is 14.8 Å². The second-order valence-electron chi connectivity index (χ2n) is 6.23. The number of hydrogen-bond acceptors (Lipinski definition) is 3. The summed E-state index contributed by atoms with van der Waals surface area (Å²) < 4.78 is 10.6. The second kappa shape index (κ2) is 8.56. The van der Waals surface area contributed by atoms with Gasteiger partial charge in [0.15, 0.2) is 0 Å². The number of benzene rings is 2. The third-order valence-electron chi connectivity index (χ3n) is 4.36. The first-order valence-electron chi connectivity index (χ1n) is 8.60. The van der Waals surface area contributed by atoms with Crippen molar-refractivity contribution in [1.82, 2.24) is 5.32 Å². The fourth-order valence-corrected chi connectivity index (χ4v) is 2.99. The second-order valence-corrected chi connectivity index (χ2v) is 6.23. The summed E-state index contributed by atoms with van der Waals surface area (Å²) in [6, 6.07) is 11.5. The van der Waals surface area contributed by atoms with Crippen LogP contribution >= 0.6 is 0 Å². The Hall–Kier alpha value is -2.49. The summed E-state index contributed by atoms with van der Waals surface area (Å²) in [7, 11) is 3.30. The predicted molar refractivity (Wildman–Crippen MR) is 101 cm³/mol. The number of rotatable bonds is 7. The number of hydrogen-bond donors (Lipinski definition) is 1. The molecule has 0 radical (unpaired) electrons. The molecule has 0 saturated carbocycles. The number of amides is 1. The van der Waals surface area contributed by atoms with Crippen LogP contribution in [0, 0.1) is 13.8 Å². The monoisotopic (exact) mass is 341 g/mol. The molecular weight excluding hydrogens is 314 g/mol. The van der Waals surface area contributed by atoms with Crippen molar-refractivity contribution in [3.05, 3.63) is 58.7 Å². The van der Waals surface area contributed by atoms with Crippen molar-refractivity contribution in [2.75, 3.05) is 14.2 Å². The Bertz CT molecular complexity index is 740. The van der Waals surface area contributed by atoms with Gasteiger partial charge in [-0.2, -0.15) is 0 Å². The van der Waals surface area contributed by atoms with E-state index in [2.05, 4.69) is 18.3 Å². The lowest BCUT2D eigenvalue weighted by molar-refractivity contribution is 0.0934. The average molecular weight is 341 g/mol. The van der Waals surface area contributed by atoms with Crippen molar-refractivity contribution in [3.8, 4) is 11.5 Å². The molecule has 2 rings (SSSR count). The molecule has 0 saturated heterocycles. The summed E-state index contributed by atoms with van der Waals surface area (Å²) in [6.07, 6.45) is 1.87. The highest BCUT2D eigenvalue weighted by molar-refractivity contribution is 5.94. The lowest BCUT2D eigenvalue weighted by Gasteiger charge is -2.20. The van der Waals surface area contributed by atoms with Gasteiger partial charge in [-0.1, -0.05) is 25.5 Å². The van der Waals surface area contributed by atoms with Gasteiger partial charge in [0.2, 0.25) is 0 Å². The van der Waals surface area contributed by atoms with E-state index in [0.717, 1.165) is 41.0 Å². The van der Waals surface area contributed by atoms with Crippen molar-refractivity contribution >= 4 is 5.91 Å². The first-order chi connectivity index (χ1) is 12.0. The molecule has 0 aromatic heterocycles. The zero-order chi connectivity index (χ0) is 18.4. The van der Waals surface area contributed by atoms with Crippen molar-refractivity contribution in [2.24, 2.45) is 0 Å². The Morgan fingerprint density at radius 2 is 1.60 bits per heavy atom. The molecule has 0 aliphatic carbocycles. The van der Waals surface area contributed by atoms with Crippen molar-refractivity contribution < 1.29 is 14.3 Å². The largest absolute Gasteiger partial charge is 0.496 e. The maximum atomic E-state index is 12.7. The van der Waals surface area contributed by atoms with Crippen LogP contribution in [0.1, 0.15) is 52.9 Å². The summed E-state index contributed by atoms with van der Waals surface area (Å²) in [5.41, 5.74) is 3.75. The van der Waals surface area contributed by atoms with E-state index in [1.165, 1.54) is 0 Å². The molecular formula is C21H27NO3. The van der Waals surface area contributed by atoms with Gasteiger partial charge in [-0.15, -0.1) is 0 Å². The molecule has 0 aliphatic heterocycles. The van der Waals surface area contributed by atoms with Crippen LogP contribution in [0.2, 0.25) is 0 Å². The molecule has 1 atom stereocenters. The molecule has 0 heterocycles. The van der Waals surface area contributed by atoms with Gasteiger partial charge >= 0.3 is 0 Å². The van der Waals surface area contributed by atoms with E-state index < -0.39 is 0 Å². The molecule has 2 aromatic rings. The van der Waals surface area contributed by atoms with Crippen molar-refractivity contribution in [3.63, 3.8) is 0 Å². The van der Waals surface area contributed by atoms with E-state index in [-0.39, 0.29) is 11.9 Å². The Balaban J connectivity index is 2.22. The number of carbonyl (C=O) groups is 1. The first kappa shape index (κ1) is 18.8. The van der Waals surface area contributed by atoms with E-state index in [0.29, 0.717) is 5.56 Å². The van der Waals surface area contributed by atoms with E-state index in [4.69, 9.17) is 9.47 Å². The van der Waals surface area contributed by atoms with Gasteiger partial charge in [-0.3, -0.25) is 4.79 Å². The summed E-state index contributed by atoms with van der Waals surface area (Å²) in [5.74, 6) is 1.57. The van der Waals surface area contributed by atoms with E-state index in [1.807, 2.05) is 38.1 Å². The first-order valence-corrected chi connectivity index (χ1v) is 8.60. The number of methoxy groups -OCH3 is 2. The summed E-state index contributed by atoms with van der Waals surface area (Å²) in [4.78, 5) is 12.7. The minimum atomic E-state index is -0.0716. The highest BCUT2D eigenvalue weighted by atomic mass is 16.5. The minimum Gasteiger partial charge on any atom is -0.496 e. The van der Waals surface area contributed by atoms with Crippen LogP contribution in [0.15, 0.2) is 36.4 Å². The van der Waals surface area contributed by atoms with Gasteiger partial charge in [-0.05, 0) is 61.2 Å². The molecule has 1 N–H and O–H groups in total. The molecule has 0 fully saturated rings. The topological polar surface area (TPSA) is 47.6 Å². The van der Waals surface area contributed by atoms with Crippen LogP contribution in [0.3, 0.4) is 0 Å². The fraction of sp³-hybridized carbons (Fsp3) is 0.381. The molecule has 0 bridgehead atoms. The normalized spacial score (nSPS) is 11.7. The van der Waals surface area contributed by atoms with Gasteiger partial charge in [0.25, 0.3) is 5.91 Å². The van der Waals surface area contributed by atoms with Crippen LogP contribution in [0.5, 0.6) is 11.5 Å². The van der Waals surface area contributed by atoms with Gasteiger partial charge < -0.3 is 14.8 Å². The predicted octanol–water partition coefficient (Wildman–Crippen LogP) is 4.59. The minimum absolute atomic E-state index is 0.0236. The number of nitrogens with one attached hydrogen (secondary N) is 1. The van der Waals surface area contributed by atoms with E-state index in [9.17, 15) is 4.79 Å². The van der Waals surface area contributed by atoms with Crippen LogP contribution in [0.4, 0.5) is 0 Å². The third kappa shape index (κ3) is 4.53. The number of carbonyl (C=O) groups excluding carboxylic acids is 1. The standard InChI is InChI=1S/C21H27NO3/c1-6-7-18(16-8-10-19(24-4)14(2)12-16)22-21(23)17-9-11-20(25-5)15(3)13-17/h8-13,18H,6-7H2,1-5H3,(H,22,23). The van der Waals surface area contributed by atoms with Gasteiger partial charge in [-0.25, -0.2) is 0 Å². The Kier molecular flexibility index (Phi) is 6.45. The van der Waals surface area contributed by atoms with Gasteiger partial charge in [0, 0.05) is 5.56 Å².